The summed E-state index contributed by atoms with van der Waals surface area (Å²) in [5, 5.41) is 9.56. The first-order valence-corrected chi connectivity index (χ1v) is 10.6. The normalized spacial score (nSPS) is 10.6. The number of thioether (sulfide) groups is 1. The zero-order valence-corrected chi connectivity index (χ0v) is 18.1. The van der Waals surface area contributed by atoms with Gasteiger partial charge in [-0.15, -0.1) is 10.2 Å². The molecule has 0 spiro atoms. The van der Waals surface area contributed by atoms with Gasteiger partial charge in [0.1, 0.15) is 11.6 Å². The molecule has 0 atom stereocenters. The van der Waals surface area contributed by atoms with Crippen molar-refractivity contribution in [3.05, 3.63) is 59.4 Å². The van der Waals surface area contributed by atoms with Gasteiger partial charge in [-0.2, -0.15) is 0 Å². The fraction of sp³-hybridized carbons (Fsp3) is 0.318. The van der Waals surface area contributed by atoms with E-state index in [1.54, 1.807) is 44.2 Å². The van der Waals surface area contributed by atoms with Gasteiger partial charge in [-0.3, -0.25) is 4.79 Å². The molecule has 0 fully saturated rings. The van der Waals surface area contributed by atoms with Crippen LogP contribution in [0.4, 0.5) is 0 Å². The molecule has 0 radical (unpaired) electrons. The smallest absolute Gasteiger partial charge is 0.191 e. The van der Waals surface area contributed by atoms with Crippen molar-refractivity contribution in [3.63, 3.8) is 0 Å². The van der Waals surface area contributed by atoms with Crippen molar-refractivity contribution in [2.24, 2.45) is 0 Å². The number of para-hydroxylation sites is 1. The number of rotatable bonds is 11. The Kier molecular flexibility index (Phi) is 7.73. The third kappa shape index (κ3) is 5.13. The highest BCUT2D eigenvalue weighted by atomic mass is 32.2. The molecule has 158 valence electrons. The largest absolute Gasteiger partial charge is 0.497 e. The lowest BCUT2D eigenvalue weighted by Crippen LogP contribution is -2.07. The van der Waals surface area contributed by atoms with E-state index in [1.165, 1.54) is 0 Å². The van der Waals surface area contributed by atoms with Crippen LogP contribution in [-0.2, 0) is 13.0 Å². The Morgan fingerprint density at radius 3 is 2.53 bits per heavy atom. The summed E-state index contributed by atoms with van der Waals surface area (Å²) in [6.07, 6.45) is 1.47. The molecular formula is C22H25N3O4S. The van der Waals surface area contributed by atoms with Gasteiger partial charge in [-0.05, 0) is 36.8 Å². The van der Waals surface area contributed by atoms with Crippen LogP contribution in [0.1, 0.15) is 28.7 Å². The van der Waals surface area contributed by atoms with E-state index in [-0.39, 0.29) is 0 Å². The summed E-state index contributed by atoms with van der Waals surface area (Å²) in [5.74, 6) is 3.42. The molecule has 0 unspecified atom stereocenters. The second kappa shape index (κ2) is 10.7. The van der Waals surface area contributed by atoms with E-state index >= 15 is 0 Å². The molecule has 8 heteroatoms. The first kappa shape index (κ1) is 21.7. The Balaban J connectivity index is 1.61. The van der Waals surface area contributed by atoms with Gasteiger partial charge in [-0.25, -0.2) is 0 Å². The van der Waals surface area contributed by atoms with Gasteiger partial charge in [0.05, 0.1) is 26.4 Å². The summed E-state index contributed by atoms with van der Waals surface area (Å²) < 4.78 is 18.4. The van der Waals surface area contributed by atoms with Gasteiger partial charge < -0.3 is 18.8 Å². The van der Waals surface area contributed by atoms with E-state index in [9.17, 15) is 4.79 Å². The zero-order valence-electron chi connectivity index (χ0n) is 17.3. The average molecular weight is 428 g/mol. The van der Waals surface area contributed by atoms with Gasteiger partial charge in [0, 0.05) is 18.7 Å². The maximum atomic E-state index is 11.3. The van der Waals surface area contributed by atoms with Crippen molar-refractivity contribution < 1.29 is 19.0 Å². The maximum absolute atomic E-state index is 11.3. The number of benzene rings is 2. The summed E-state index contributed by atoms with van der Waals surface area (Å²) in [6, 6.07) is 13.2. The van der Waals surface area contributed by atoms with Crippen LogP contribution >= 0.6 is 11.8 Å². The number of hydrogen-bond acceptors (Lipinski definition) is 7. The lowest BCUT2D eigenvalue weighted by Gasteiger charge is -2.12. The number of carbonyl (C=O) groups excluding carboxylic acids is 1. The monoisotopic (exact) mass is 427 g/mol. The SMILES string of the molecule is CCn1c(Cc2ccc(OC)cc2)nnc1SCCOc1c(C=O)cccc1OC. The maximum Gasteiger partial charge on any atom is 0.191 e. The molecule has 0 amide bonds. The second-order valence-corrected chi connectivity index (χ2v) is 7.42. The summed E-state index contributed by atoms with van der Waals surface area (Å²) in [4.78, 5) is 11.3. The lowest BCUT2D eigenvalue weighted by molar-refractivity contribution is 0.111. The van der Waals surface area contributed by atoms with Crippen molar-refractivity contribution in [3.8, 4) is 17.2 Å². The van der Waals surface area contributed by atoms with Crippen LogP contribution in [0.5, 0.6) is 17.2 Å². The zero-order chi connectivity index (χ0) is 21.3. The number of ether oxygens (including phenoxy) is 3. The van der Waals surface area contributed by atoms with Crippen molar-refractivity contribution in [2.45, 2.75) is 25.0 Å². The highest BCUT2D eigenvalue weighted by Crippen LogP contribution is 2.30. The quantitative estimate of drug-likeness (QED) is 0.261. The van der Waals surface area contributed by atoms with Gasteiger partial charge in [0.2, 0.25) is 0 Å². The summed E-state index contributed by atoms with van der Waals surface area (Å²) in [7, 11) is 3.21. The van der Waals surface area contributed by atoms with E-state index < -0.39 is 0 Å². The van der Waals surface area contributed by atoms with Gasteiger partial charge in [-0.1, -0.05) is 30.0 Å². The fourth-order valence-electron chi connectivity index (χ4n) is 3.02. The number of aldehydes is 1. The van der Waals surface area contributed by atoms with Crippen molar-refractivity contribution in [1.29, 1.82) is 0 Å². The van der Waals surface area contributed by atoms with Crippen molar-refractivity contribution in [2.75, 3.05) is 26.6 Å². The Labute approximate surface area is 180 Å². The van der Waals surface area contributed by atoms with Crippen LogP contribution in [0.3, 0.4) is 0 Å². The van der Waals surface area contributed by atoms with Gasteiger partial charge >= 0.3 is 0 Å². The summed E-state index contributed by atoms with van der Waals surface area (Å²) in [5.41, 5.74) is 1.62. The topological polar surface area (TPSA) is 75.5 Å². The molecule has 0 saturated carbocycles. The Morgan fingerprint density at radius 1 is 1.07 bits per heavy atom. The predicted octanol–water partition coefficient (Wildman–Crippen LogP) is 3.89. The number of nitrogens with zero attached hydrogens (tertiary/aromatic N) is 3. The van der Waals surface area contributed by atoms with E-state index in [1.807, 2.05) is 24.3 Å². The molecule has 0 aliphatic carbocycles. The van der Waals surface area contributed by atoms with Crippen LogP contribution in [0.25, 0.3) is 0 Å². The molecule has 30 heavy (non-hydrogen) atoms. The highest BCUT2D eigenvalue weighted by Gasteiger charge is 2.13. The molecule has 3 aromatic rings. The first-order valence-electron chi connectivity index (χ1n) is 9.62. The molecule has 0 N–H and O–H groups in total. The number of hydrogen-bond donors (Lipinski definition) is 0. The molecule has 3 rings (SSSR count). The van der Waals surface area contributed by atoms with Crippen LogP contribution < -0.4 is 14.2 Å². The molecule has 1 heterocycles. The van der Waals surface area contributed by atoms with Crippen molar-refractivity contribution >= 4 is 18.0 Å². The first-order chi connectivity index (χ1) is 14.7. The highest BCUT2D eigenvalue weighted by molar-refractivity contribution is 7.99. The average Bonchev–Trinajstić information content (AvgIpc) is 3.18. The Morgan fingerprint density at radius 2 is 1.87 bits per heavy atom. The van der Waals surface area contributed by atoms with E-state index in [0.29, 0.717) is 35.8 Å². The minimum absolute atomic E-state index is 0.413. The number of carbonyl (C=O) groups is 1. The standard InChI is InChI=1S/C22H25N3O4S/c1-4-25-20(14-16-8-10-18(27-2)11-9-16)23-24-22(25)30-13-12-29-21-17(15-26)6-5-7-19(21)28-3/h5-11,15H,4,12-14H2,1-3H3. The molecule has 2 aromatic carbocycles. The van der Waals surface area contributed by atoms with E-state index in [2.05, 4.69) is 21.7 Å². The fourth-order valence-corrected chi connectivity index (χ4v) is 3.86. The number of methoxy groups -OCH3 is 2. The Hall–Kier alpha value is -3.00. The van der Waals surface area contributed by atoms with Gasteiger partial charge in [0.25, 0.3) is 0 Å². The van der Waals surface area contributed by atoms with Crippen LogP contribution in [-0.4, -0.2) is 47.6 Å². The molecular weight excluding hydrogens is 402 g/mol. The van der Waals surface area contributed by atoms with E-state index in [0.717, 1.165) is 35.1 Å². The van der Waals surface area contributed by atoms with Crippen LogP contribution in [0.2, 0.25) is 0 Å². The molecule has 0 bridgehead atoms. The number of aromatic nitrogens is 3. The third-order valence-electron chi connectivity index (χ3n) is 4.55. The molecule has 0 aliphatic heterocycles. The third-order valence-corrected chi connectivity index (χ3v) is 5.48. The van der Waals surface area contributed by atoms with Crippen LogP contribution in [0.15, 0.2) is 47.6 Å². The minimum atomic E-state index is 0.413. The van der Waals surface area contributed by atoms with Gasteiger partial charge in [0.15, 0.2) is 22.9 Å². The minimum Gasteiger partial charge on any atom is -0.497 e. The lowest BCUT2D eigenvalue weighted by atomic mass is 10.1. The second-order valence-electron chi connectivity index (χ2n) is 6.36. The summed E-state index contributed by atoms with van der Waals surface area (Å²) in [6.45, 7) is 3.27. The van der Waals surface area contributed by atoms with Crippen LogP contribution in [0, 0.1) is 0 Å². The molecule has 0 aliphatic rings. The molecule has 1 aromatic heterocycles. The molecule has 0 saturated heterocycles. The summed E-state index contributed by atoms with van der Waals surface area (Å²) >= 11 is 1.57. The Bertz CT molecular complexity index is 973. The molecule has 7 nitrogen and oxygen atoms in total. The van der Waals surface area contributed by atoms with E-state index in [4.69, 9.17) is 14.2 Å². The van der Waals surface area contributed by atoms with Crippen molar-refractivity contribution in [1.82, 2.24) is 14.8 Å². The predicted molar refractivity (Wildman–Crippen MR) is 116 cm³/mol.